The van der Waals surface area contributed by atoms with Gasteiger partial charge in [-0.25, -0.2) is 4.98 Å². The van der Waals surface area contributed by atoms with E-state index in [2.05, 4.69) is 4.98 Å². The minimum Gasteiger partial charge on any atom is -0.334 e. The van der Waals surface area contributed by atoms with Crippen molar-refractivity contribution in [1.82, 2.24) is 9.55 Å². The van der Waals surface area contributed by atoms with Crippen molar-refractivity contribution < 1.29 is 26.3 Å². The van der Waals surface area contributed by atoms with Crippen LogP contribution in [-0.2, 0) is 12.7 Å². The van der Waals surface area contributed by atoms with Crippen molar-refractivity contribution in [3.05, 3.63) is 18.2 Å². The number of hydrogen-bond acceptors (Lipinski definition) is 3. The Balaban J connectivity index is 2.92. The highest BCUT2D eigenvalue weighted by Crippen LogP contribution is 2.33. The lowest BCUT2D eigenvalue weighted by atomic mass is 9.86. The van der Waals surface area contributed by atoms with Crippen molar-refractivity contribution >= 4 is 0 Å². The molecular formula is C11H8F6N4. The Bertz CT molecular complexity index is 557. The van der Waals surface area contributed by atoms with Crippen LogP contribution in [0.15, 0.2) is 12.5 Å². The van der Waals surface area contributed by atoms with E-state index in [1.165, 1.54) is 12.1 Å². The van der Waals surface area contributed by atoms with Crippen LogP contribution in [0.3, 0.4) is 0 Å². The molecule has 114 valence electrons. The SMILES string of the molecule is N#CC(C#N)(CCC(F)(F)F)Cn1cnc(C(F)(F)F)c1. The molecule has 1 aromatic rings. The van der Waals surface area contributed by atoms with Gasteiger partial charge in [0.25, 0.3) is 0 Å². The largest absolute Gasteiger partial charge is 0.434 e. The quantitative estimate of drug-likeness (QED) is 0.802. The summed E-state index contributed by atoms with van der Waals surface area (Å²) in [6, 6.07) is 2.89. The standard InChI is InChI=1S/C11H8F6N4/c12-10(13,14)2-1-9(4-18,5-19)6-21-3-8(20-7-21)11(15,16)17/h3,7H,1-2,6H2. The number of rotatable bonds is 4. The minimum atomic E-state index is -4.71. The third-order valence-corrected chi connectivity index (χ3v) is 2.64. The molecule has 0 N–H and O–H groups in total. The molecule has 1 rings (SSSR count). The van der Waals surface area contributed by atoms with E-state index in [0.29, 0.717) is 6.20 Å². The van der Waals surface area contributed by atoms with E-state index in [-0.39, 0.29) is 0 Å². The van der Waals surface area contributed by atoms with Gasteiger partial charge in [0.15, 0.2) is 11.1 Å². The van der Waals surface area contributed by atoms with E-state index < -0.39 is 42.8 Å². The number of halogens is 6. The zero-order valence-electron chi connectivity index (χ0n) is 10.3. The second kappa shape index (κ2) is 5.64. The van der Waals surface area contributed by atoms with Crippen molar-refractivity contribution in [1.29, 1.82) is 10.5 Å². The molecule has 0 aliphatic rings. The molecule has 0 saturated heterocycles. The molecular weight excluding hydrogens is 302 g/mol. The van der Waals surface area contributed by atoms with Gasteiger partial charge >= 0.3 is 12.4 Å². The van der Waals surface area contributed by atoms with Gasteiger partial charge in [-0.05, 0) is 6.42 Å². The Morgan fingerprint density at radius 1 is 1.05 bits per heavy atom. The van der Waals surface area contributed by atoms with Crippen LogP contribution in [-0.4, -0.2) is 15.7 Å². The molecule has 0 radical (unpaired) electrons. The van der Waals surface area contributed by atoms with Crippen LogP contribution in [0.1, 0.15) is 18.5 Å². The smallest absolute Gasteiger partial charge is 0.334 e. The zero-order valence-corrected chi connectivity index (χ0v) is 10.3. The van der Waals surface area contributed by atoms with E-state index in [4.69, 9.17) is 10.5 Å². The average Bonchev–Trinajstić information content (AvgIpc) is 2.82. The number of imidazole rings is 1. The highest BCUT2D eigenvalue weighted by Gasteiger charge is 2.38. The molecule has 1 aromatic heterocycles. The third kappa shape index (κ3) is 4.67. The summed E-state index contributed by atoms with van der Waals surface area (Å²) in [6.45, 7) is -0.626. The fourth-order valence-corrected chi connectivity index (χ4v) is 1.55. The normalized spacial score (nSPS) is 12.8. The third-order valence-electron chi connectivity index (χ3n) is 2.64. The van der Waals surface area contributed by atoms with Crippen molar-refractivity contribution in [3.63, 3.8) is 0 Å². The maximum absolute atomic E-state index is 12.3. The van der Waals surface area contributed by atoms with E-state index in [1.54, 1.807) is 0 Å². The predicted octanol–water partition coefficient (Wildman–Crippen LogP) is 3.28. The number of alkyl halides is 6. The van der Waals surface area contributed by atoms with Gasteiger partial charge in [-0.2, -0.15) is 36.9 Å². The van der Waals surface area contributed by atoms with Gasteiger partial charge in [-0.15, -0.1) is 0 Å². The van der Waals surface area contributed by atoms with Gasteiger partial charge in [0.1, 0.15) is 0 Å². The van der Waals surface area contributed by atoms with Crippen LogP contribution in [0.5, 0.6) is 0 Å². The van der Waals surface area contributed by atoms with E-state index >= 15 is 0 Å². The molecule has 0 aliphatic carbocycles. The monoisotopic (exact) mass is 310 g/mol. The second-order valence-electron chi connectivity index (χ2n) is 4.35. The van der Waals surface area contributed by atoms with Crippen molar-refractivity contribution in [2.75, 3.05) is 0 Å². The average molecular weight is 310 g/mol. The molecule has 0 fully saturated rings. The molecule has 0 aliphatic heterocycles. The summed E-state index contributed by atoms with van der Waals surface area (Å²) in [5, 5.41) is 17.8. The van der Waals surface area contributed by atoms with Crippen molar-refractivity contribution in [2.24, 2.45) is 5.41 Å². The molecule has 4 nitrogen and oxygen atoms in total. The van der Waals surface area contributed by atoms with Crippen LogP contribution in [0.2, 0.25) is 0 Å². The fourth-order valence-electron chi connectivity index (χ4n) is 1.55. The Morgan fingerprint density at radius 2 is 1.62 bits per heavy atom. The van der Waals surface area contributed by atoms with Crippen molar-refractivity contribution in [2.45, 2.75) is 31.7 Å². The highest BCUT2D eigenvalue weighted by atomic mass is 19.4. The summed E-state index contributed by atoms with van der Waals surface area (Å²) in [5.41, 5.74) is -3.32. The van der Waals surface area contributed by atoms with Gasteiger partial charge in [0.2, 0.25) is 0 Å². The first-order valence-corrected chi connectivity index (χ1v) is 5.49. The molecule has 0 saturated carbocycles. The van der Waals surface area contributed by atoms with E-state index in [0.717, 1.165) is 10.9 Å². The fraction of sp³-hybridized carbons (Fsp3) is 0.545. The summed E-state index contributed by atoms with van der Waals surface area (Å²) in [5.74, 6) is 0. The summed E-state index contributed by atoms with van der Waals surface area (Å²) >= 11 is 0. The summed E-state index contributed by atoms with van der Waals surface area (Å²) in [7, 11) is 0. The van der Waals surface area contributed by atoms with Crippen LogP contribution in [0.25, 0.3) is 0 Å². The van der Waals surface area contributed by atoms with Crippen molar-refractivity contribution in [3.8, 4) is 12.1 Å². The van der Waals surface area contributed by atoms with Gasteiger partial charge < -0.3 is 4.57 Å². The maximum Gasteiger partial charge on any atom is 0.434 e. The highest BCUT2D eigenvalue weighted by molar-refractivity contribution is 5.14. The van der Waals surface area contributed by atoms with E-state index in [1.807, 2.05) is 0 Å². The lowest BCUT2D eigenvalue weighted by molar-refractivity contribution is -0.141. The molecule has 0 bridgehead atoms. The number of nitrogens with zero attached hydrogens (tertiary/aromatic N) is 4. The van der Waals surface area contributed by atoms with Crippen LogP contribution in [0.4, 0.5) is 26.3 Å². The minimum absolute atomic E-state index is 0.539. The molecule has 21 heavy (non-hydrogen) atoms. The van der Waals surface area contributed by atoms with Crippen LogP contribution < -0.4 is 0 Å². The number of aromatic nitrogens is 2. The van der Waals surface area contributed by atoms with E-state index in [9.17, 15) is 26.3 Å². The van der Waals surface area contributed by atoms with Gasteiger partial charge in [0.05, 0.1) is 25.0 Å². The van der Waals surface area contributed by atoms with Crippen LogP contribution in [0, 0.1) is 28.1 Å². The van der Waals surface area contributed by atoms with Gasteiger partial charge in [-0.3, -0.25) is 0 Å². The Labute approximate surface area is 115 Å². The second-order valence-corrected chi connectivity index (χ2v) is 4.35. The number of nitriles is 2. The molecule has 0 aromatic carbocycles. The summed E-state index contributed by atoms with van der Waals surface area (Å²) < 4.78 is 74.3. The molecule has 0 spiro atoms. The molecule has 0 amide bonds. The predicted molar refractivity (Wildman–Crippen MR) is 56.2 cm³/mol. The summed E-state index contributed by atoms with van der Waals surface area (Å²) in [4.78, 5) is 3.05. The lowest BCUT2D eigenvalue weighted by Gasteiger charge is -2.19. The molecule has 0 unspecified atom stereocenters. The maximum atomic E-state index is 12.3. The Kier molecular flexibility index (Phi) is 4.52. The van der Waals surface area contributed by atoms with Gasteiger partial charge in [-0.1, -0.05) is 0 Å². The Morgan fingerprint density at radius 3 is 2.00 bits per heavy atom. The number of hydrogen-bond donors (Lipinski definition) is 0. The lowest BCUT2D eigenvalue weighted by Crippen LogP contribution is -2.25. The first-order valence-electron chi connectivity index (χ1n) is 5.49. The summed E-state index contributed by atoms with van der Waals surface area (Å²) in [6.07, 6.45) is -10.2. The topological polar surface area (TPSA) is 65.4 Å². The van der Waals surface area contributed by atoms with Crippen LogP contribution >= 0.6 is 0 Å². The molecule has 1 heterocycles. The molecule has 10 heteroatoms. The zero-order chi connectivity index (χ0) is 16.3. The molecule has 0 atom stereocenters. The van der Waals surface area contributed by atoms with Gasteiger partial charge in [0, 0.05) is 12.6 Å². The Hall–Kier alpha value is -2.23. The first-order chi connectivity index (χ1) is 9.51. The first kappa shape index (κ1) is 16.8.